The van der Waals surface area contributed by atoms with Gasteiger partial charge >= 0.3 is 0 Å². The zero-order valence-corrected chi connectivity index (χ0v) is 18.4. The van der Waals surface area contributed by atoms with Gasteiger partial charge in [0.05, 0.1) is 6.61 Å². The number of ether oxygens (including phenoxy) is 1. The molecule has 0 amide bonds. The van der Waals surface area contributed by atoms with Crippen molar-refractivity contribution < 1.29 is 4.74 Å². The minimum absolute atomic E-state index is 0.571. The first-order chi connectivity index (χ1) is 14.3. The van der Waals surface area contributed by atoms with Crippen molar-refractivity contribution in [1.82, 2.24) is 9.97 Å². The number of aryl methyl sites for hydroxylation is 2. The molecule has 0 bridgehead atoms. The minimum atomic E-state index is 0.571. The van der Waals surface area contributed by atoms with Gasteiger partial charge in [-0.1, -0.05) is 51.7 Å². The third kappa shape index (κ3) is 7.13. The topological polar surface area (TPSA) is 35.0 Å². The molecule has 2 aromatic rings. The summed E-state index contributed by atoms with van der Waals surface area (Å²) in [4.78, 5) is 9.46. The molecule has 29 heavy (non-hydrogen) atoms. The molecule has 1 aliphatic carbocycles. The lowest BCUT2D eigenvalue weighted by molar-refractivity contribution is 0.297. The SMILES string of the molecule is CCCCCC1CCC(c2ncc(CCc3ccc(OCCC)cc3)cn2)CC1. The number of hydrogen-bond acceptors (Lipinski definition) is 3. The zero-order chi connectivity index (χ0) is 20.3. The van der Waals surface area contributed by atoms with Crippen LogP contribution in [0.4, 0.5) is 0 Å². The van der Waals surface area contributed by atoms with Crippen molar-refractivity contribution in [2.24, 2.45) is 5.92 Å². The van der Waals surface area contributed by atoms with E-state index in [1.165, 1.54) is 62.5 Å². The Hall–Kier alpha value is -1.90. The molecule has 0 N–H and O–H groups in total. The second-order valence-electron chi connectivity index (χ2n) is 8.66. The Bertz CT molecular complexity index is 688. The van der Waals surface area contributed by atoms with Crippen LogP contribution in [0.15, 0.2) is 36.7 Å². The van der Waals surface area contributed by atoms with Gasteiger partial charge in [-0.05, 0) is 74.1 Å². The van der Waals surface area contributed by atoms with Crippen molar-refractivity contribution in [2.45, 2.75) is 90.4 Å². The van der Waals surface area contributed by atoms with Gasteiger partial charge in [-0.25, -0.2) is 9.97 Å². The molecule has 0 unspecified atom stereocenters. The van der Waals surface area contributed by atoms with E-state index in [1.807, 2.05) is 12.4 Å². The van der Waals surface area contributed by atoms with Gasteiger partial charge in [0.1, 0.15) is 11.6 Å². The molecule has 158 valence electrons. The van der Waals surface area contributed by atoms with E-state index in [1.54, 1.807) is 0 Å². The van der Waals surface area contributed by atoms with Gasteiger partial charge in [0.15, 0.2) is 0 Å². The van der Waals surface area contributed by atoms with Crippen LogP contribution in [-0.2, 0) is 12.8 Å². The molecule has 1 heterocycles. The molecule has 1 saturated carbocycles. The van der Waals surface area contributed by atoms with E-state index in [9.17, 15) is 0 Å². The highest BCUT2D eigenvalue weighted by Crippen LogP contribution is 2.36. The van der Waals surface area contributed by atoms with Crippen molar-refractivity contribution in [2.75, 3.05) is 6.61 Å². The summed E-state index contributed by atoms with van der Waals surface area (Å²) in [5, 5.41) is 0. The van der Waals surface area contributed by atoms with Crippen LogP contribution in [0.25, 0.3) is 0 Å². The van der Waals surface area contributed by atoms with Gasteiger partial charge in [-0.2, -0.15) is 0 Å². The van der Waals surface area contributed by atoms with Crippen molar-refractivity contribution in [3.05, 3.63) is 53.6 Å². The van der Waals surface area contributed by atoms with Crippen LogP contribution in [0.1, 0.15) is 94.5 Å². The van der Waals surface area contributed by atoms with Crippen molar-refractivity contribution in [3.63, 3.8) is 0 Å². The van der Waals surface area contributed by atoms with Crippen LogP contribution in [0.3, 0.4) is 0 Å². The first-order valence-corrected chi connectivity index (χ1v) is 11.8. The molecule has 3 rings (SSSR count). The minimum Gasteiger partial charge on any atom is -0.494 e. The Morgan fingerprint density at radius 2 is 1.52 bits per heavy atom. The van der Waals surface area contributed by atoms with Crippen molar-refractivity contribution >= 4 is 0 Å². The number of hydrogen-bond donors (Lipinski definition) is 0. The fourth-order valence-electron chi connectivity index (χ4n) is 4.36. The third-order valence-electron chi connectivity index (χ3n) is 6.25. The summed E-state index contributed by atoms with van der Waals surface area (Å²) in [6, 6.07) is 8.48. The maximum absolute atomic E-state index is 5.65. The number of rotatable bonds is 11. The molecule has 0 aliphatic heterocycles. The van der Waals surface area contributed by atoms with E-state index in [2.05, 4.69) is 38.1 Å². The molecule has 1 aromatic heterocycles. The standard InChI is InChI=1S/C26H38N2O/c1-3-5-6-7-21-10-14-24(15-11-21)26-27-19-23(20-28-26)9-8-22-12-16-25(17-13-22)29-18-4-2/h12-13,16-17,19-21,24H,3-11,14-15,18H2,1-2H3. The Balaban J connectivity index is 1.42. The van der Waals surface area contributed by atoms with Gasteiger partial charge in [0.2, 0.25) is 0 Å². The lowest BCUT2D eigenvalue weighted by atomic mass is 9.79. The van der Waals surface area contributed by atoms with Crippen LogP contribution in [0, 0.1) is 5.92 Å². The van der Waals surface area contributed by atoms with Gasteiger partial charge in [-0.15, -0.1) is 0 Å². The normalized spacial score (nSPS) is 19.2. The van der Waals surface area contributed by atoms with E-state index in [0.717, 1.165) is 43.4 Å². The number of aromatic nitrogens is 2. The monoisotopic (exact) mass is 394 g/mol. The maximum Gasteiger partial charge on any atom is 0.131 e. The molecule has 0 atom stereocenters. The van der Waals surface area contributed by atoms with E-state index in [0.29, 0.717) is 5.92 Å². The molecule has 1 aliphatic rings. The average Bonchev–Trinajstić information content (AvgIpc) is 2.78. The fourth-order valence-corrected chi connectivity index (χ4v) is 4.36. The fraction of sp³-hybridized carbons (Fsp3) is 0.615. The lowest BCUT2D eigenvalue weighted by Gasteiger charge is -2.27. The second-order valence-corrected chi connectivity index (χ2v) is 8.66. The molecule has 0 radical (unpaired) electrons. The summed E-state index contributed by atoms with van der Waals surface area (Å²) in [6.07, 6.45) is 17.9. The first kappa shape index (κ1) is 21.8. The molecular formula is C26H38N2O. The summed E-state index contributed by atoms with van der Waals surface area (Å²) in [6.45, 7) is 5.20. The van der Waals surface area contributed by atoms with Gasteiger partial charge in [0.25, 0.3) is 0 Å². The van der Waals surface area contributed by atoms with Crippen LogP contribution in [0.2, 0.25) is 0 Å². The largest absolute Gasteiger partial charge is 0.494 e. The zero-order valence-electron chi connectivity index (χ0n) is 18.4. The molecule has 3 heteroatoms. The predicted molar refractivity (Wildman–Crippen MR) is 121 cm³/mol. The van der Waals surface area contributed by atoms with E-state index in [-0.39, 0.29) is 0 Å². The average molecular weight is 395 g/mol. The number of unbranched alkanes of at least 4 members (excludes halogenated alkanes) is 2. The molecule has 0 spiro atoms. The highest BCUT2D eigenvalue weighted by atomic mass is 16.5. The number of benzene rings is 1. The molecule has 1 aromatic carbocycles. The maximum atomic E-state index is 5.65. The third-order valence-corrected chi connectivity index (χ3v) is 6.25. The summed E-state index contributed by atoms with van der Waals surface area (Å²) in [5.74, 6) is 3.54. The van der Waals surface area contributed by atoms with Crippen LogP contribution < -0.4 is 4.74 Å². The van der Waals surface area contributed by atoms with Gasteiger partial charge in [0, 0.05) is 18.3 Å². The summed E-state index contributed by atoms with van der Waals surface area (Å²) >= 11 is 0. The predicted octanol–water partition coefficient (Wildman–Crippen LogP) is 6.90. The van der Waals surface area contributed by atoms with E-state index < -0.39 is 0 Å². The van der Waals surface area contributed by atoms with E-state index in [4.69, 9.17) is 14.7 Å². The quantitative estimate of drug-likeness (QED) is 0.389. The smallest absolute Gasteiger partial charge is 0.131 e. The number of nitrogens with zero attached hydrogens (tertiary/aromatic N) is 2. The molecular weight excluding hydrogens is 356 g/mol. The summed E-state index contributed by atoms with van der Waals surface area (Å²) < 4.78 is 5.65. The van der Waals surface area contributed by atoms with Crippen LogP contribution in [-0.4, -0.2) is 16.6 Å². The Morgan fingerprint density at radius 1 is 0.828 bits per heavy atom. The van der Waals surface area contributed by atoms with Gasteiger partial charge in [-0.3, -0.25) is 0 Å². The Kier molecular flexibility index (Phi) is 8.98. The Morgan fingerprint density at radius 3 is 2.17 bits per heavy atom. The van der Waals surface area contributed by atoms with Crippen LogP contribution >= 0.6 is 0 Å². The molecule has 1 fully saturated rings. The molecule has 3 nitrogen and oxygen atoms in total. The second kappa shape index (κ2) is 11.9. The highest BCUT2D eigenvalue weighted by Gasteiger charge is 2.23. The summed E-state index contributed by atoms with van der Waals surface area (Å²) in [5.41, 5.74) is 2.56. The highest BCUT2D eigenvalue weighted by molar-refractivity contribution is 5.28. The first-order valence-electron chi connectivity index (χ1n) is 11.8. The van der Waals surface area contributed by atoms with Crippen LogP contribution in [0.5, 0.6) is 5.75 Å². The van der Waals surface area contributed by atoms with Gasteiger partial charge < -0.3 is 4.74 Å². The van der Waals surface area contributed by atoms with Crippen molar-refractivity contribution in [3.8, 4) is 5.75 Å². The molecule has 0 saturated heterocycles. The Labute approximate surface area is 177 Å². The summed E-state index contributed by atoms with van der Waals surface area (Å²) in [7, 11) is 0. The van der Waals surface area contributed by atoms with E-state index >= 15 is 0 Å². The lowest BCUT2D eigenvalue weighted by Crippen LogP contribution is -2.15. The van der Waals surface area contributed by atoms with Crippen molar-refractivity contribution in [1.29, 1.82) is 0 Å².